The Morgan fingerprint density at radius 2 is 2.11 bits per heavy atom. The van der Waals surface area contributed by atoms with E-state index in [0.29, 0.717) is 25.4 Å². The van der Waals surface area contributed by atoms with Gasteiger partial charge in [0.2, 0.25) is 0 Å². The molecule has 0 aliphatic carbocycles. The fourth-order valence-corrected chi connectivity index (χ4v) is 1.90. The molecule has 0 spiro atoms. The average Bonchev–Trinajstić information content (AvgIpc) is 2.38. The van der Waals surface area contributed by atoms with Gasteiger partial charge in [0, 0.05) is 26.2 Å². The van der Waals surface area contributed by atoms with Crippen molar-refractivity contribution >= 4 is 5.69 Å². The number of nitrogens with zero attached hydrogens (tertiary/aromatic N) is 1. The van der Waals surface area contributed by atoms with Gasteiger partial charge in [0.1, 0.15) is 5.82 Å². The summed E-state index contributed by atoms with van der Waals surface area (Å²) in [7, 11) is 1.87. The standard InChI is InChI=1S/C15H25FN2O/c1-4-13(17)10-12-6-7-15(14(16)11-12)18(3)8-9-19-5-2/h6-7,11,13H,4-5,8-10,17H2,1-3H3. The quantitative estimate of drug-likeness (QED) is 0.736. The largest absolute Gasteiger partial charge is 0.380 e. The zero-order valence-electron chi connectivity index (χ0n) is 12.2. The number of rotatable bonds is 8. The number of likely N-dealkylation sites (N-methyl/N-ethyl adjacent to an activating group) is 1. The van der Waals surface area contributed by atoms with Crippen LogP contribution in [0.25, 0.3) is 0 Å². The summed E-state index contributed by atoms with van der Waals surface area (Å²) in [6, 6.07) is 5.45. The summed E-state index contributed by atoms with van der Waals surface area (Å²) in [4.78, 5) is 1.87. The molecule has 1 unspecified atom stereocenters. The van der Waals surface area contributed by atoms with E-state index in [9.17, 15) is 4.39 Å². The minimum Gasteiger partial charge on any atom is -0.380 e. The van der Waals surface area contributed by atoms with E-state index in [4.69, 9.17) is 10.5 Å². The summed E-state index contributed by atoms with van der Waals surface area (Å²) < 4.78 is 19.3. The lowest BCUT2D eigenvalue weighted by Gasteiger charge is -2.20. The van der Waals surface area contributed by atoms with Gasteiger partial charge in [0.15, 0.2) is 0 Å². The van der Waals surface area contributed by atoms with Crippen molar-refractivity contribution in [2.75, 3.05) is 31.7 Å². The number of benzene rings is 1. The first-order chi connectivity index (χ1) is 9.08. The van der Waals surface area contributed by atoms with Gasteiger partial charge in [-0.2, -0.15) is 0 Å². The normalized spacial score (nSPS) is 12.5. The summed E-state index contributed by atoms with van der Waals surface area (Å²) >= 11 is 0. The minimum atomic E-state index is -0.195. The van der Waals surface area contributed by atoms with Crippen LogP contribution in [0.2, 0.25) is 0 Å². The first-order valence-electron chi connectivity index (χ1n) is 6.91. The SMILES string of the molecule is CCOCCN(C)c1ccc(CC(N)CC)cc1F. The lowest BCUT2D eigenvalue weighted by Crippen LogP contribution is -2.24. The van der Waals surface area contributed by atoms with Gasteiger partial charge in [-0.1, -0.05) is 13.0 Å². The Labute approximate surface area is 115 Å². The Bertz CT molecular complexity index is 384. The van der Waals surface area contributed by atoms with Crippen molar-refractivity contribution in [3.63, 3.8) is 0 Å². The highest BCUT2D eigenvalue weighted by Gasteiger charge is 2.09. The second-order valence-corrected chi connectivity index (χ2v) is 4.78. The van der Waals surface area contributed by atoms with Crippen LogP contribution >= 0.6 is 0 Å². The van der Waals surface area contributed by atoms with Crippen LogP contribution in [0.4, 0.5) is 10.1 Å². The Balaban J connectivity index is 2.65. The molecular weight excluding hydrogens is 243 g/mol. The van der Waals surface area contributed by atoms with Gasteiger partial charge >= 0.3 is 0 Å². The minimum absolute atomic E-state index is 0.0981. The van der Waals surface area contributed by atoms with Crippen LogP contribution in [0.1, 0.15) is 25.8 Å². The fourth-order valence-electron chi connectivity index (χ4n) is 1.90. The number of ether oxygens (including phenoxy) is 1. The maximum atomic E-state index is 14.0. The zero-order valence-corrected chi connectivity index (χ0v) is 12.2. The highest BCUT2D eigenvalue weighted by atomic mass is 19.1. The van der Waals surface area contributed by atoms with Gasteiger partial charge in [0.25, 0.3) is 0 Å². The number of halogens is 1. The Morgan fingerprint density at radius 3 is 2.68 bits per heavy atom. The highest BCUT2D eigenvalue weighted by molar-refractivity contribution is 5.48. The first kappa shape index (κ1) is 15.9. The molecule has 19 heavy (non-hydrogen) atoms. The molecule has 0 saturated heterocycles. The average molecular weight is 268 g/mol. The maximum Gasteiger partial charge on any atom is 0.146 e. The maximum absolute atomic E-state index is 14.0. The third-order valence-electron chi connectivity index (χ3n) is 3.22. The van der Waals surface area contributed by atoms with Crippen molar-refractivity contribution in [2.24, 2.45) is 5.73 Å². The molecule has 0 radical (unpaired) electrons. The van der Waals surface area contributed by atoms with Gasteiger partial charge in [-0.15, -0.1) is 0 Å². The molecule has 0 bridgehead atoms. The highest BCUT2D eigenvalue weighted by Crippen LogP contribution is 2.20. The number of anilines is 1. The molecule has 1 atom stereocenters. The molecule has 108 valence electrons. The summed E-state index contributed by atoms with van der Waals surface area (Å²) in [6.45, 7) is 5.96. The predicted octanol–water partition coefficient (Wildman–Crippen LogP) is 2.58. The van der Waals surface area contributed by atoms with Crippen LogP contribution in [0, 0.1) is 5.82 Å². The first-order valence-corrected chi connectivity index (χ1v) is 6.91. The van der Waals surface area contributed by atoms with Gasteiger partial charge in [-0.25, -0.2) is 4.39 Å². The Hall–Kier alpha value is -1.13. The molecule has 1 aromatic carbocycles. The number of hydrogen-bond acceptors (Lipinski definition) is 3. The molecule has 0 amide bonds. The predicted molar refractivity (Wildman–Crippen MR) is 78.1 cm³/mol. The fraction of sp³-hybridized carbons (Fsp3) is 0.600. The topological polar surface area (TPSA) is 38.5 Å². The van der Waals surface area contributed by atoms with E-state index < -0.39 is 0 Å². The van der Waals surface area contributed by atoms with Gasteiger partial charge in [-0.05, 0) is 37.5 Å². The third-order valence-corrected chi connectivity index (χ3v) is 3.22. The van der Waals surface area contributed by atoms with E-state index in [0.717, 1.165) is 18.4 Å². The van der Waals surface area contributed by atoms with Crippen LogP contribution in [0.15, 0.2) is 18.2 Å². The van der Waals surface area contributed by atoms with E-state index in [-0.39, 0.29) is 11.9 Å². The zero-order chi connectivity index (χ0) is 14.3. The second-order valence-electron chi connectivity index (χ2n) is 4.78. The molecule has 0 aliphatic heterocycles. The van der Waals surface area contributed by atoms with Gasteiger partial charge in [-0.3, -0.25) is 0 Å². The Kier molecular flexibility index (Phi) is 6.81. The van der Waals surface area contributed by atoms with E-state index in [2.05, 4.69) is 0 Å². The molecule has 3 nitrogen and oxygen atoms in total. The lowest BCUT2D eigenvalue weighted by atomic mass is 10.0. The lowest BCUT2D eigenvalue weighted by molar-refractivity contribution is 0.154. The second kappa shape index (κ2) is 8.12. The summed E-state index contributed by atoms with van der Waals surface area (Å²) in [5, 5.41) is 0. The van der Waals surface area contributed by atoms with Crippen molar-refractivity contribution in [3.8, 4) is 0 Å². The molecule has 0 saturated carbocycles. The third kappa shape index (κ3) is 5.17. The monoisotopic (exact) mass is 268 g/mol. The van der Waals surface area contributed by atoms with E-state index in [1.807, 2.05) is 37.9 Å². The van der Waals surface area contributed by atoms with Crippen LogP contribution in [0.5, 0.6) is 0 Å². The van der Waals surface area contributed by atoms with Crippen LogP contribution < -0.4 is 10.6 Å². The number of nitrogens with two attached hydrogens (primary N) is 1. The molecule has 0 aromatic heterocycles. The van der Waals surface area contributed by atoms with Crippen molar-refractivity contribution in [2.45, 2.75) is 32.7 Å². The van der Waals surface area contributed by atoms with Crippen LogP contribution in [-0.4, -0.2) is 32.8 Å². The Morgan fingerprint density at radius 1 is 1.37 bits per heavy atom. The molecule has 2 N–H and O–H groups in total. The molecule has 0 fully saturated rings. The van der Waals surface area contributed by atoms with Crippen molar-refractivity contribution in [3.05, 3.63) is 29.6 Å². The molecular formula is C15H25FN2O. The van der Waals surface area contributed by atoms with E-state index in [1.54, 1.807) is 6.07 Å². The summed E-state index contributed by atoms with van der Waals surface area (Å²) in [5.74, 6) is -0.195. The molecule has 0 heterocycles. The molecule has 1 aromatic rings. The molecule has 1 rings (SSSR count). The summed E-state index contributed by atoms with van der Waals surface area (Å²) in [6.07, 6.45) is 1.62. The van der Waals surface area contributed by atoms with Crippen molar-refractivity contribution in [1.29, 1.82) is 0 Å². The van der Waals surface area contributed by atoms with E-state index in [1.165, 1.54) is 0 Å². The van der Waals surface area contributed by atoms with Crippen LogP contribution in [-0.2, 0) is 11.2 Å². The van der Waals surface area contributed by atoms with Gasteiger partial charge < -0.3 is 15.4 Å². The molecule has 0 aliphatic rings. The smallest absolute Gasteiger partial charge is 0.146 e. The van der Waals surface area contributed by atoms with Crippen molar-refractivity contribution in [1.82, 2.24) is 0 Å². The molecule has 4 heteroatoms. The van der Waals surface area contributed by atoms with E-state index >= 15 is 0 Å². The summed E-state index contributed by atoms with van der Waals surface area (Å²) in [5.41, 5.74) is 7.44. The number of hydrogen-bond donors (Lipinski definition) is 1. The van der Waals surface area contributed by atoms with Crippen molar-refractivity contribution < 1.29 is 9.13 Å². The van der Waals surface area contributed by atoms with Gasteiger partial charge in [0.05, 0.1) is 12.3 Å². The van der Waals surface area contributed by atoms with Crippen LogP contribution in [0.3, 0.4) is 0 Å².